The molecule has 0 aromatic heterocycles. The van der Waals surface area contributed by atoms with Gasteiger partial charge in [-0.15, -0.1) is 0 Å². The molecule has 0 unspecified atom stereocenters. The Morgan fingerprint density at radius 1 is 0.962 bits per heavy atom. The molecule has 0 atom stereocenters. The van der Waals surface area contributed by atoms with Gasteiger partial charge < -0.3 is 10.4 Å². The largest absolute Gasteiger partial charge is 0.393 e. The predicted molar refractivity (Wildman–Crippen MR) is 102 cm³/mol. The van der Waals surface area contributed by atoms with E-state index in [0.29, 0.717) is 11.3 Å². The van der Waals surface area contributed by atoms with E-state index in [-0.39, 0.29) is 18.1 Å². The molecule has 0 aliphatic heterocycles. The number of hydrogen-bond donors (Lipinski definition) is 3. The highest BCUT2D eigenvalue weighted by atomic mass is 16.3. The maximum absolute atomic E-state index is 12.4. The van der Waals surface area contributed by atoms with E-state index >= 15 is 0 Å². The molecule has 3 N–H and O–H groups in total. The van der Waals surface area contributed by atoms with Crippen LogP contribution in [0.3, 0.4) is 0 Å². The highest BCUT2D eigenvalue weighted by molar-refractivity contribution is 6.07. The molecular formula is C21H24N2O3. The normalized spacial score (nSPS) is 19.6. The minimum absolute atomic E-state index is 0.202. The van der Waals surface area contributed by atoms with Gasteiger partial charge in [-0.3, -0.25) is 14.9 Å². The zero-order chi connectivity index (χ0) is 18.5. The van der Waals surface area contributed by atoms with Crippen LogP contribution in [0.25, 0.3) is 11.1 Å². The summed E-state index contributed by atoms with van der Waals surface area (Å²) in [4.78, 5) is 23.7. The number of amides is 2. The fourth-order valence-electron chi connectivity index (χ4n) is 3.34. The van der Waals surface area contributed by atoms with E-state index in [9.17, 15) is 14.7 Å². The fourth-order valence-corrected chi connectivity index (χ4v) is 3.34. The third-order valence-electron chi connectivity index (χ3n) is 4.72. The average molecular weight is 352 g/mol. The van der Waals surface area contributed by atoms with Crippen molar-refractivity contribution in [1.29, 1.82) is 0 Å². The van der Waals surface area contributed by atoms with Crippen LogP contribution < -0.4 is 10.6 Å². The molecule has 2 amide bonds. The summed E-state index contributed by atoms with van der Waals surface area (Å²) in [7, 11) is 0. The third kappa shape index (κ3) is 4.49. The van der Waals surface area contributed by atoms with Gasteiger partial charge in [-0.1, -0.05) is 36.4 Å². The van der Waals surface area contributed by atoms with Crippen LogP contribution in [-0.2, 0) is 4.79 Å². The van der Waals surface area contributed by atoms with Crippen molar-refractivity contribution in [3.05, 3.63) is 54.1 Å². The lowest BCUT2D eigenvalue weighted by atomic mass is 9.92. The van der Waals surface area contributed by atoms with Crippen molar-refractivity contribution in [1.82, 2.24) is 5.32 Å². The van der Waals surface area contributed by atoms with Crippen LogP contribution in [0.4, 0.5) is 5.69 Å². The monoisotopic (exact) mass is 352 g/mol. The van der Waals surface area contributed by atoms with Gasteiger partial charge in [0.15, 0.2) is 0 Å². The second-order valence-corrected chi connectivity index (χ2v) is 6.79. The van der Waals surface area contributed by atoms with Crippen molar-refractivity contribution in [2.24, 2.45) is 0 Å². The standard InChI is InChI=1S/C21H24N2O3/c1-14(24)22-21(26)19-12-7-16(15-5-3-2-4-6-15)13-20(19)23-17-8-10-18(25)11-9-17/h2-7,12-13,17-18,23,25H,8-11H2,1H3,(H,22,24,26). The number of carbonyl (C=O) groups is 2. The van der Waals surface area contributed by atoms with Crippen molar-refractivity contribution in [3.8, 4) is 11.1 Å². The van der Waals surface area contributed by atoms with Gasteiger partial charge in [0.05, 0.1) is 11.7 Å². The van der Waals surface area contributed by atoms with Crippen LogP contribution in [0, 0.1) is 0 Å². The van der Waals surface area contributed by atoms with Crippen LogP contribution in [0.15, 0.2) is 48.5 Å². The maximum Gasteiger partial charge on any atom is 0.259 e. The minimum atomic E-state index is -0.407. The van der Waals surface area contributed by atoms with E-state index in [1.165, 1.54) is 6.92 Å². The lowest BCUT2D eigenvalue weighted by Crippen LogP contribution is -2.31. The summed E-state index contributed by atoms with van der Waals surface area (Å²) in [6, 6.07) is 15.7. The summed E-state index contributed by atoms with van der Waals surface area (Å²) < 4.78 is 0. The van der Waals surface area contributed by atoms with Gasteiger partial charge in [0.25, 0.3) is 5.91 Å². The lowest BCUT2D eigenvalue weighted by Gasteiger charge is -2.28. The molecule has 5 nitrogen and oxygen atoms in total. The molecule has 1 fully saturated rings. The van der Waals surface area contributed by atoms with Gasteiger partial charge in [-0.25, -0.2) is 0 Å². The molecule has 26 heavy (non-hydrogen) atoms. The maximum atomic E-state index is 12.4. The number of imide groups is 1. The molecule has 1 aliphatic carbocycles. The van der Waals surface area contributed by atoms with E-state index in [1.54, 1.807) is 6.07 Å². The molecule has 2 aromatic rings. The number of rotatable bonds is 4. The van der Waals surface area contributed by atoms with Gasteiger partial charge in [-0.05, 0) is 48.9 Å². The van der Waals surface area contributed by atoms with E-state index < -0.39 is 5.91 Å². The van der Waals surface area contributed by atoms with Crippen LogP contribution in [0.5, 0.6) is 0 Å². The molecule has 1 aliphatic rings. The summed E-state index contributed by atoms with van der Waals surface area (Å²) in [6.07, 6.45) is 2.98. The number of benzene rings is 2. The molecule has 0 saturated heterocycles. The number of hydrogen-bond acceptors (Lipinski definition) is 4. The minimum Gasteiger partial charge on any atom is -0.393 e. The zero-order valence-electron chi connectivity index (χ0n) is 14.9. The Bertz CT molecular complexity index is 781. The van der Waals surface area contributed by atoms with Crippen molar-refractivity contribution >= 4 is 17.5 Å². The summed E-state index contributed by atoms with van der Waals surface area (Å²) in [5, 5.41) is 15.5. The van der Waals surface area contributed by atoms with E-state index in [0.717, 1.165) is 36.8 Å². The quantitative estimate of drug-likeness (QED) is 0.788. The summed E-state index contributed by atoms with van der Waals surface area (Å²) >= 11 is 0. The Labute approximate surface area is 153 Å². The van der Waals surface area contributed by atoms with Crippen molar-refractivity contribution in [2.45, 2.75) is 44.8 Å². The first-order valence-corrected chi connectivity index (χ1v) is 8.99. The van der Waals surface area contributed by atoms with Gasteiger partial charge in [-0.2, -0.15) is 0 Å². The van der Waals surface area contributed by atoms with E-state index in [2.05, 4.69) is 10.6 Å². The Morgan fingerprint density at radius 3 is 2.31 bits per heavy atom. The van der Waals surface area contributed by atoms with Crippen molar-refractivity contribution < 1.29 is 14.7 Å². The first-order valence-electron chi connectivity index (χ1n) is 8.99. The van der Waals surface area contributed by atoms with Crippen LogP contribution in [0.2, 0.25) is 0 Å². The summed E-state index contributed by atoms with van der Waals surface area (Å²) in [6.45, 7) is 1.33. The molecule has 0 spiro atoms. The Hall–Kier alpha value is -2.66. The number of nitrogens with one attached hydrogen (secondary N) is 2. The Balaban J connectivity index is 1.90. The zero-order valence-corrected chi connectivity index (χ0v) is 14.9. The topological polar surface area (TPSA) is 78.4 Å². The van der Waals surface area contributed by atoms with Crippen molar-refractivity contribution in [3.63, 3.8) is 0 Å². The van der Waals surface area contributed by atoms with E-state index in [4.69, 9.17) is 0 Å². The number of anilines is 1. The van der Waals surface area contributed by atoms with E-state index in [1.807, 2.05) is 42.5 Å². The van der Waals surface area contributed by atoms with Crippen LogP contribution in [0.1, 0.15) is 43.0 Å². The molecule has 5 heteroatoms. The second-order valence-electron chi connectivity index (χ2n) is 6.79. The second kappa shape index (κ2) is 8.15. The molecule has 2 aromatic carbocycles. The molecule has 3 rings (SSSR count). The first kappa shape index (κ1) is 18.1. The number of aliphatic hydroxyl groups is 1. The van der Waals surface area contributed by atoms with Crippen LogP contribution in [-0.4, -0.2) is 29.1 Å². The summed E-state index contributed by atoms with van der Waals surface area (Å²) in [5.41, 5.74) is 3.23. The number of aliphatic hydroxyl groups excluding tert-OH is 1. The van der Waals surface area contributed by atoms with Crippen LogP contribution >= 0.6 is 0 Å². The Morgan fingerprint density at radius 2 is 1.65 bits per heavy atom. The number of carbonyl (C=O) groups excluding carboxylic acids is 2. The van der Waals surface area contributed by atoms with Gasteiger partial charge >= 0.3 is 0 Å². The van der Waals surface area contributed by atoms with Gasteiger partial charge in [0.1, 0.15) is 0 Å². The van der Waals surface area contributed by atoms with Crippen molar-refractivity contribution in [2.75, 3.05) is 5.32 Å². The molecule has 0 bridgehead atoms. The molecule has 0 heterocycles. The van der Waals surface area contributed by atoms with Gasteiger partial charge in [0.2, 0.25) is 5.91 Å². The van der Waals surface area contributed by atoms with Gasteiger partial charge in [0, 0.05) is 18.7 Å². The smallest absolute Gasteiger partial charge is 0.259 e. The molecular weight excluding hydrogens is 328 g/mol. The Kier molecular flexibility index (Phi) is 5.68. The third-order valence-corrected chi connectivity index (χ3v) is 4.72. The predicted octanol–water partition coefficient (Wildman–Crippen LogP) is 3.35. The fraction of sp³-hybridized carbons (Fsp3) is 0.333. The molecule has 136 valence electrons. The highest BCUT2D eigenvalue weighted by Crippen LogP contribution is 2.29. The highest BCUT2D eigenvalue weighted by Gasteiger charge is 2.21. The summed E-state index contributed by atoms with van der Waals surface area (Å²) in [5.74, 6) is -0.788. The molecule has 1 saturated carbocycles. The molecule has 0 radical (unpaired) electrons. The lowest BCUT2D eigenvalue weighted by molar-refractivity contribution is -0.118. The first-order chi connectivity index (χ1) is 12.5. The average Bonchev–Trinajstić information content (AvgIpc) is 2.64. The SMILES string of the molecule is CC(=O)NC(=O)c1ccc(-c2ccccc2)cc1NC1CCC(O)CC1.